The molecule has 7 nitrogen and oxygen atoms in total. The van der Waals surface area contributed by atoms with Crippen molar-refractivity contribution in [2.45, 2.75) is 51.0 Å². The SMILES string of the molecule is CNc1nc(Nc2ccc(OC3CCN(CC4CCCCC4)CC3)cc2OC)ncc1Cl. The lowest BCUT2D eigenvalue weighted by Gasteiger charge is -2.35. The van der Waals surface area contributed by atoms with Crippen LogP contribution in [0.3, 0.4) is 0 Å². The van der Waals surface area contributed by atoms with Crippen molar-refractivity contribution in [1.29, 1.82) is 0 Å². The van der Waals surface area contributed by atoms with Crippen LogP contribution in [0.5, 0.6) is 11.5 Å². The lowest BCUT2D eigenvalue weighted by Crippen LogP contribution is -2.40. The molecule has 2 aromatic rings. The van der Waals surface area contributed by atoms with E-state index in [2.05, 4.69) is 25.5 Å². The first kappa shape index (κ1) is 22.9. The summed E-state index contributed by atoms with van der Waals surface area (Å²) >= 11 is 6.07. The van der Waals surface area contributed by atoms with E-state index in [4.69, 9.17) is 21.1 Å². The highest BCUT2D eigenvalue weighted by molar-refractivity contribution is 6.32. The third-order valence-electron chi connectivity index (χ3n) is 6.48. The van der Waals surface area contributed by atoms with E-state index in [1.54, 1.807) is 20.4 Å². The summed E-state index contributed by atoms with van der Waals surface area (Å²) < 4.78 is 11.9. The Morgan fingerprint density at radius 1 is 1.12 bits per heavy atom. The highest BCUT2D eigenvalue weighted by atomic mass is 35.5. The summed E-state index contributed by atoms with van der Waals surface area (Å²) in [5.74, 6) is 3.42. The number of benzene rings is 1. The van der Waals surface area contributed by atoms with Gasteiger partial charge in [0, 0.05) is 32.7 Å². The molecule has 0 spiro atoms. The zero-order valence-electron chi connectivity index (χ0n) is 19.1. The van der Waals surface area contributed by atoms with Crippen LogP contribution in [0.4, 0.5) is 17.5 Å². The summed E-state index contributed by atoms with van der Waals surface area (Å²) in [6.45, 7) is 3.52. The van der Waals surface area contributed by atoms with E-state index in [9.17, 15) is 0 Å². The minimum absolute atomic E-state index is 0.249. The average Bonchev–Trinajstić information content (AvgIpc) is 2.83. The monoisotopic (exact) mass is 459 g/mol. The molecule has 0 bridgehead atoms. The first-order valence-corrected chi connectivity index (χ1v) is 12.1. The quantitative estimate of drug-likeness (QED) is 0.551. The van der Waals surface area contributed by atoms with Crippen LogP contribution in [-0.4, -0.2) is 54.8 Å². The number of rotatable bonds is 8. The molecule has 1 saturated heterocycles. The minimum Gasteiger partial charge on any atom is -0.494 e. The lowest BCUT2D eigenvalue weighted by molar-refractivity contribution is 0.0862. The molecule has 8 heteroatoms. The number of hydrogen-bond donors (Lipinski definition) is 2. The molecule has 1 aliphatic carbocycles. The fraction of sp³-hybridized carbons (Fsp3) is 0.583. The highest BCUT2D eigenvalue weighted by Crippen LogP contribution is 2.33. The summed E-state index contributed by atoms with van der Waals surface area (Å²) in [4.78, 5) is 11.2. The van der Waals surface area contributed by atoms with Gasteiger partial charge in [-0.15, -0.1) is 0 Å². The van der Waals surface area contributed by atoms with Gasteiger partial charge in [0.15, 0.2) is 0 Å². The second-order valence-corrected chi connectivity index (χ2v) is 9.16. The predicted octanol–water partition coefficient (Wildman–Crippen LogP) is 5.35. The van der Waals surface area contributed by atoms with E-state index < -0.39 is 0 Å². The van der Waals surface area contributed by atoms with Crippen molar-refractivity contribution >= 4 is 29.1 Å². The van der Waals surface area contributed by atoms with Crippen LogP contribution < -0.4 is 20.1 Å². The maximum Gasteiger partial charge on any atom is 0.229 e. The van der Waals surface area contributed by atoms with E-state index >= 15 is 0 Å². The number of aromatic nitrogens is 2. The van der Waals surface area contributed by atoms with Crippen molar-refractivity contribution in [3.05, 3.63) is 29.4 Å². The van der Waals surface area contributed by atoms with Crippen molar-refractivity contribution in [2.75, 3.05) is 44.4 Å². The zero-order chi connectivity index (χ0) is 22.3. The Labute approximate surface area is 195 Å². The van der Waals surface area contributed by atoms with Gasteiger partial charge in [-0.1, -0.05) is 30.9 Å². The molecule has 2 aliphatic rings. The molecule has 1 aromatic heterocycles. The van der Waals surface area contributed by atoms with Gasteiger partial charge in [-0.2, -0.15) is 4.98 Å². The topological polar surface area (TPSA) is 71.5 Å². The van der Waals surface area contributed by atoms with Crippen molar-refractivity contribution in [3.8, 4) is 11.5 Å². The van der Waals surface area contributed by atoms with Crippen LogP contribution in [0.2, 0.25) is 5.02 Å². The number of nitrogens with one attached hydrogen (secondary N) is 2. The third kappa shape index (κ3) is 5.95. The van der Waals surface area contributed by atoms with Crippen molar-refractivity contribution in [3.63, 3.8) is 0 Å². The van der Waals surface area contributed by atoms with Gasteiger partial charge < -0.3 is 25.0 Å². The van der Waals surface area contributed by atoms with Crippen LogP contribution in [0.15, 0.2) is 24.4 Å². The van der Waals surface area contributed by atoms with Crippen LogP contribution >= 0.6 is 11.6 Å². The minimum atomic E-state index is 0.249. The summed E-state index contributed by atoms with van der Waals surface area (Å²) in [7, 11) is 3.42. The van der Waals surface area contributed by atoms with Crippen LogP contribution in [0.1, 0.15) is 44.9 Å². The van der Waals surface area contributed by atoms with Crippen molar-refractivity contribution < 1.29 is 9.47 Å². The number of anilines is 3. The molecule has 0 unspecified atom stereocenters. The Bertz CT molecular complexity index is 883. The fourth-order valence-electron chi connectivity index (χ4n) is 4.71. The smallest absolute Gasteiger partial charge is 0.229 e. The normalized spacial score (nSPS) is 18.3. The molecule has 2 N–H and O–H groups in total. The van der Waals surface area contributed by atoms with Crippen LogP contribution in [-0.2, 0) is 0 Å². The van der Waals surface area contributed by atoms with E-state index in [1.165, 1.54) is 38.6 Å². The van der Waals surface area contributed by atoms with E-state index in [0.29, 0.717) is 22.5 Å². The molecule has 2 heterocycles. The van der Waals surface area contributed by atoms with E-state index in [1.807, 2.05) is 18.2 Å². The first-order valence-electron chi connectivity index (χ1n) is 11.7. The van der Waals surface area contributed by atoms with Gasteiger partial charge >= 0.3 is 0 Å². The van der Waals surface area contributed by atoms with Gasteiger partial charge in [-0.25, -0.2) is 4.98 Å². The van der Waals surface area contributed by atoms with Gasteiger partial charge in [0.2, 0.25) is 5.95 Å². The van der Waals surface area contributed by atoms with Crippen molar-refractivity contribution in [2.24, 2.45) is 5.92 Å². The molecule has 174 valence electrons. The molecule has 32 heavy (non-hydrogen) atoms. The van der Waals surface area contributed by atoms with Gasteiger partial charge in [-0.3, -0.25) is 0 Å². The van der Waals surface area contributed by atoms with Crippen LogP contribution in [0.25, 0.3) is 0 Å². The summed E-state index contributed by atoms with van der Waals surface area (Å²) in [5.41, 5.74) is 0.770. The zero-order valence-corrected chi connectivity index (χ0v) is 19.8. The molecular formula is C24H34ClN5O2. The molecule has 0 radical (unpaired) electrons. The lowest BCUT2D eigenvalue weighted by atomic mass is 9.88. The number of nitrogens with zero attached hydrogens (tertiary/aromatic N) is 3. The highest BCUT2D eigenvalue weighted by Gasteiger charge is 2.24. The largest absolute Gasteiger partial charge is 0.494 e. The molecular weight excluding hydrogens is 426 g/mol. The number of piperidine rings is 1. The number of hydrogen-bond acceptors (Lipinski definition) is 7. The Balaban J connectivity index is 1.32. The van der Waals surface area contributed by atoms with Gasteiger partial charge in [0.05, 0.1) is 19.0 Å². The van der Waals surface area contributed by atoms with Gasteiger partial charge in [0.25, 0.3) is 0 Å². The number of methoxy groups -OCH3 is 1. The van der Waals surface area contributed by atoms with Crippen LogP contribution in [0, 0.1) is 5.92 Å². The second kappa shape index (κ2) is 11.1. The van der Waals surface area contributed by atoms with Crippen molar-refractivity contribution in [1.82, 2.24) is 14.9 Å². The maximum absolute atomic E-state index is 6.30. The Hall–Kier alpha value is -2.25. The molecule has 1 aromatic carbocycles. The Kier molecular flexibility index (Phi) is 7.92. The first-order chi connectivity index (χ1) is 15.6. The van der Waals surface area contributed by atoms with Gasteiger partial charge in [0.1, 0.15) is 28.4 Å². The average molecular weight is 460 g/mol. The Morgan fingerprint density at radius 2 is 1.91 bits per heavy atom. The Morgan fingerprint density at radius 3 is 2.62 bits per heavy atom. The standard InChI is InChI=1S/C24H34ClN5O2/c1-26-23-20(25)15-27-24(29-23)28-21-9-8-19(14-22(21)31-2)32-18-10-12-30(13-11-18)16-17-6-4-3-5-7-17/h8-9,14-15,17-18H,3-7,10-13,16H2,1-2H3,(H2,26,27,28,29). The number of likely N-dealkylation sites (tertiary alicyclic amines) is 1. The number of ether oxygens (including phenoxy) is 2. The number of halogens is 1. The second-order valence-electron chi connectivity index (χ2n) is 8.75. The molecule has 0 amide bonds. The maximum atomic E-state index is 6.30. The third-order valence-corrected chi connectivity index (χ3v) is 6.76. The molecule has 0 atom stereocenters. The molecule has 1 saturated carbocycles. The molecule has 4 rings (SSSR count). The summed E-state index contributed by atoms with van der Waals surface area (Å²) in [5, 5.41) is 6.62. The molecule has 1 aliphatic heterocycles. The summed E-state index contributed by atoms with van der Waals surface area (Å²) in [6, 6.07) is 5.82. The summed E-state index contributed by atoms with van der Waals surface area (Å²) in [6.07, 6.45) is 11.0. The van der Waals surface area contributed by atoms with Gasteiger partial charge in [-0.05, 0) is 43.7 Å². The van der Waals surface area contributed by atoms with E-state index in [0.717, 1.165) is 43.3 Å². The fourth-order valence-corrected chi connectivity index (χ4v) is 4.89. The van der Waals surface area contributed by atoms with E-state index in [-0.39, 0.29) is 6.10 Å². The molecule has 2 fully saturated rings. The predicted molar refractivity (Wildman–Crippen MR) is 130 cm³/mol.